The number of rotatable bonds is 7. The van der Waals surface area contributed by atoms with Gasteiger partial charge in [0.2, 0.25) is 0 Å². The minimum atomic E-state index is -0.578. The molecule has 1 aliphatic heterocycles. The van der Waals surface area contributed by atoms with Crippen molar-refractivity contribution in [3.8, 4) is 11.5 Å². The Morgan fingerprint density at radius 1 is 1.22 bits per heavy atom. The van der Waals surface area contributed by atoms with E-state index in [1.165, 1.54) is 30.2 Å². The third-order valence-electron chi connectivity index (χ3n) is 4.48. The minimum Gasteiger partial charge on any atom is -0.490 e. The van der Waals surface area contributed by atoms with E-state index in [1.807, 2.05) is 6.92 Å². The molecule has 2 amide bonds. The lowest BCUT2D eigenvalue weighted by Gasteiger charge is -2.25. The number of ether oxygens (including phenoxy) is 2. The molecule has 0 aliphatic carbocycles. The fourth-order valence-electron chi connectivity index (χ4n) is 2.86. The van der Waals surface area contributed by atoms with Crippen LogP contribution in [-0.2, 0) is 16.2 Å². The molecule has 1 aliphatic rings. The van der Waals surface area contributed by atoms with E-state index < -0.39 is 16.7 Å². The Morgan fingerprint density at radius 3 is 2.53 bits per heavy atom. The second-order valence-electron chi connectivity index (χ2n) is 6.66. The molecule has 0 aromatic heterocycles. The van der Waals surface area contributed by atoms with E-state index in [4.69, 9.17) is 21.7 Å². The van der Waals surface area contributed by atoms with E-state index in [1.54, 1.807) is 24.3 Å². The monoisotopic (exact) mass is 519 g/mol. The van der Waals surface area contributed by atoms with Gasteiger partial charge >= 0.3 is 0 Å². The number of amides is 2. The molecule has 0 radical (unpaired) electrons. The molecule has 1 saturated heterocycles. The van der Waals surface area contributed by atoms with Gasteiger partial charge in [-0.25, -0.2) is 0 Å². The van der Waals surface area contributed by atoms with E-state index in [0.29, 0.717) is 28.1 Å². The maximum absolute atomic E-state index is 12.4. The summed E-state index contributed by atoms with van der Waals surface area (Å²) < 4.78 is 12.1. The quantitative estimate of drug-likeness (QED) is 0.195. The molecule has 9 nitrogen and oxygen atoms in total. The highest BCUT2D eigenvalue weighted by molar-refractivity contribution is 9.10. The number of hydrogen-bond donors (Lipinski definition) is 1. The second kappa shape index (κ2) is 9.88. The summed E-state index contributed by atoms with van der Waals surface area (Å²) in [5.74, 6) is -0.259. The predicted molar refractivity (Wildman–Crippen MR) is 124 cm³/mol. The number of nitro groups is 1. The number of nitrogens with zero attached hydrogens (tertiary/aromatic N) is 2. The summed E-state index contributed by atoms with van der Waals surface area (Å²) >= 11 is 8.40. The van der Waals surface area contributed by atoms with E-state index >= 15 is 0 Å². The van der Waals surface area contributed by atoms with Gasteiger partial charge in [0.05, 0.1) is 16.0 Å². The zero-order valence-corrected chi connectivity index (χ0v) is 19.5. The van der Waals surface area contributed by atoms with Crippen LogP contribution in [0.5, 0.6) is 11.5 Å². The fraction of sp³-hybridized carbons (Fsp3) is 0.190. The van der Waals surface area contributed by atoms with Gasteiger partial charge in [0.15, 0.2) is 16.6 Å². The molecular formula is C21H18BrN3O6S. The summed E-state index contributed by atoms with van der Waals surface area (Å²) in [7, 11) is 1.48. The highest BCUT2D eigenvalue weighted by Crippen LogP contribution is 2.38. The first-order valence-corrected chi connectivity index (χ1v) is 10.6. The van der Waals surface area contributed by atoms with Crippen LogP contribution >= 0.6 is 28.1 Å². The Kier molecular flexibility index (Phi) is 7.21. The molecule has 0 unspecified atom stereocenters. The Labute approximate surface area is 197 Å². The van der Waals surface area contributed by atoms with Crippen molar-refractivity contribution >= 4 is 56.8 Å². The normalized spacial score (nSPS) is 15.0. The molecule has 166 valence electrons. The van der Waals surface area contributed by atoms with Crippen molar-refractivity contribution in [2.75, 3.05) is 13.7 Å². The highest BCUT2D eigenvalue weighted by atomic mass is 79.9. The number of nitro benzene ring substituents is 1. The van der Waals surface area contributed by atoms with Crippen LogP contribution in [-0.4, -0.2) is 40.4 Å². The van der Waals surface area contributed by atoms with Crippen LogP contribution < -0.4 is 14.8 Å². The Morgan fingerprint density at radius 2 is 1.91 bits per heavy atom. The summed E-state index contributed by atoms with van der Waals surface area (Å²) in [5.41, 5.74) is 1.22. The van der Waals surface area contributed by atoms with Crippen LogP contribution in [0.25, 0.3) is 6.08 Å². The lowest BCUT2D eigenvalue weighted by Crippen LogP contribution is -2.52. The van der Waals surface area contributed by atoms with Crippen LogP contribution in [0.3, 0.4) is 0 Å². The second-order valence-corrected chi connectivity index (χ2v) is 7.90. The van der Waals surface area contributed by atoms with Crippen molar-refractivity contribution < 1.29 is 24.0 Å². The van der Waals surface area contributed by atoms with Gasteiger partial charge in [-0.05, 0) is 76.5 Å². The predicted octanol–water partition coefficient (Wildman–Crippen LogP) is 3.59. The molecule has 0 atom stereocenters. The maximum atomic E-state index is 12.4. The number of hydrogen-bond acceptors (Lipinski definition) is 7. The maximum Gasteiger partial charge on any atom is 0.269 e. The molecule has 1 heterocycles. The molecule has 2 aromatic rings. The minimum absolute atomic E-state index is 0.00460. The van der Waals surface area contributed by atoms with Crippen LogP contribution in [0.1, 0.15) is 18.1 Å². The SMILES string of the molecule is CCOc1cc(/C=C2\C(=O)NC(=S)N(C)C2=O)cc(Br)c1OCc1ccc([N+](=O)[O-])cc1. The molecular weight excluding hydrogens is 502 g/mol. The van der Waals surface area contributed by atoms with Gasteiger partial charge in [0.25, 0.3) is 17.5 Å². The van der Waals surface area contributed by atoms with E-state index in [9.17, 15) is 19.7 Å². The summed E-state index contributed by atoms with van der Waals surface area (Å²) in [5, 5.41) is 13.3. The standard InChI is InChI=1S/C21H18BrN3O6S/c1-3-30-17-10-13(8-15-19(26)23-21(32)24(2)20(15)27)9-16(22)18(17)31-11-12-4-6-14(7-5-12)25(28)29/h4-10H,3,11H2,1-2H3,(H,23,26,32)/b15-8+. The van der Waals surface area contributed by atoms with Gasteiger partial charge < -0.3 is 9.47 Å². The van der Waals surface area contributed by atoms with Gasteiger partial charge in [-0.2, -0.15) is 0 Å². The smallest absolute Gasteiger partial charge is 0.269 e. The van der Waals surface area contributed by atoms with Crippen molar-refractivity contribution in [1.82, 2.24) is 10.2 Å². The number of nitrogens with one attached hydrogen (secondary N) is 1. The first-order valence-electron chi connectivity index (χ1n) is 9.38. The van der Waals surface area contributed by atoms with Crippen molar-refractivity contribution in [3.63, 3.8) is 0 Å². The number of carbonyl (C=O) groups excluding carboxylic acids is 2. The lowest BCUT2D eigenvalue weighted by molar-refractivity contribution is -0.384. The number of non-ortho nitro benzene ring substituents is 1. The molecule has 0 bridgehead atoms. The summed E-state index contributed by atoms with van der Waals surface area (Å²) in [6.45, 7) is 2.32. The Balaban J connectivity index is 1.87. The first-order chi connectivity index (χ1) is 15.2. The summed E-state index contributed by atoms with van der Waals surface area (Å²) in [4.78, 5) is 36.2. The van der Waals surface area contributed by atoms with Gasteiger partial charge in [-0.3, -0.25) is 29.9 Å². The zero-order chi connectivity index (χ0) is 23.4. The third kappa shape index (κ3) is 5.11. The summed E-state index contributed by atoms with van der Waals surface area (Å²) in [6, 6.07) is 9.37. The number of benzene rings is 2. The lowest BCUT2D eigenvalue weighted by atomic mass is 10.1. The van der Waals surface area contributed by atoms with Gasteiger partial charge in [0, 0.05) is 19.2 Å². The number of likely N-dealkylation sites (N-methyl/N-ethyl adjacent to an activating group) is 1. The third-order valence-corrected chi connectivity index (χ3v) is 5.44. The van der Waals surface area contributed by atoms with Crippen molar-refractivity contribution in [2.24, 2.45) is 0 Å². The van der Waals surface area contributed by atoms with Crippen LogP contribution in [0.2, 0.25) is 0 Å². The van der Waals surface area contributed by atoms with Crippen LogP contribution in [0.4, 0.5) is 5.69 Å². The molecule has 1 fully saturated rings. The average Bonchev–Trinajstić information content (AvgIpc) is 2.75. The molecule has 2 aromatic carbocycles. The van der Waals surface area contributed by atoms with E-state index in [2.05, 4.69) is 21.2 Å². The van der Waals surface area contributed by atoms with Crippen molar-refractivity contribution in [2.45, 2.75) is 13.5 Å². The van der Waals surface area contributed by atoms with Gasteiger partial charge in [0.1, 0.15) is 12.2 Å². The molecule has 0 spiro atoms. The van der Waals surface area contributed by atoms with Crippen molar-refractivity contribution in [1.29, 1.82) is 0 Å². The van der Waals surface area contributed by atoms with Gasteiger partial charge in [-0.1, -0.05) is 0 Å². The molecule has 0 saturated carbocycles. The van der Waals surface area contributed by atoms with Crippen LogP contribution in [0, 0.1) is 10.1 Å². The molecule has 11 heteroatoms. The molecule has 32 heavy (non-hydrogen) atoms. The van der Waals surface area contributed by atoms with Gasteiger partial charge in [-0.15, -0.1) is 0 Å². The fourth-order valence-corrected chi connectivity index (χ4v) is 3.61. The highest BCUT2D eigenvalue weighted by Gasteiger charge is 2.30. The Bertz CT molecular complexity index is 1130. The number of thiocarbonyl (C=S) groups is 1. The average molecular weight is 520 g/mol. The largest absolute Gasteiger partial charge is 0.490 e. The Hall–Kier alpha value is -3.31. The first kappa shape index (κ1) is 23.4. The number of carbonyl (C=O) groups is 2. The van der Waals surface area contributed by atoms with Crippen LogP contribution in [0.15, 0.2) is 46.4 Å². The van der Waals surface area contributed by atoms with Crippen molar-refractivity contribution in [3.05, 3.63) is 67.7 Å². The molecule has 1 N–H and O–H groups in total. The topological polar surface area (TPSA) is 111 Å². The zero-order valence-electron chi connectivity index (χ0n) is 17.1. The van der Waals surface area contributed by atoms with E-state index in [-0.39, 0.29) is 23.0 Å². The number of halogens is 1. The van der Waals surface area contributed by atoms with E-state index in [0.717, 1.165) is 5.56 Å². The molecule has 3 rings (SSSR count). The summed E-state index contributed by atoms with van der Waals surface area (Å²) in [6.07, 6.45) is 1.45.